The van der Waals surface area contributed by atoms with Crippen molar-refractivity contribution in [2.24, 2.45) is 0 Å². The van der Waals surface area contributed by atoms with Gasteiger partial charge in [-0.3, -0.25) is 14.7 Å². The van der Waals surface area contributed by atoms with Gasteiger partial charge in [0.05, 0.1) is 18.3 Å². The SMILES string of the molecule is CNC(=O)CO[C@H]1CO[C@@]2(CCCN(Cc3cccnc3)C2)C1. The Kier molecular flexibility index (Phi) is 5.25. The van der Waals surface area contributed by atoms with Gasteiger partial charge in [-0.1, -0.05) is 6.07 Å². The number of amides is 1. The molecule has 3 heterocycles. The molecule has 1 spiro atoms. The smallest absolute Gasteiger partial charge is 0.245 e. The van der Waals surface area contributed by atoms with Crippen LogP contribution in [-0.2, 0) is 20.8 Å². The molecule has 0 radical (unpaired) electrons. The summed E-state index contributed by atoms with van der Waals surface area (Å²) < 4.78 is 11.8. The first-order valence-electron chi connectivity index (χ1n) is 8.26. The number of hydrogen-bond donors (Lipinski definition) is 1. The van der Waals surface area contributed by atoms with E-state index in [1.165, 1.54) is 5.56 Å². The Labute approximate surface area is 137 Å². The summed E-state index contributed by atoms with van der Waals surface area (Å²) in [4.78, 5) is 17.9. The molecule has 2 aliphatic heterocycles. The zero-order valence-electron chi connectivity index (χ0n) is 13.7. The lowest BCUT2D eigenvalue weighted by atomic mass is 9.89. The number of rotatable bonds is 5. The van der Waals surface area contributed by atoms with Gasteiger partial charge < -0.3 is 14.8 Å². The molecular weight excluding hydrogens is 294 g/mol. The highest BCUT2D eigenvalue weighted by molar-refractivity contribution is 5.76. The molecule has 2 fully saturated rings. The second-order valence-corrected chi connectivity index (χ2v) is 6.48. The summed E-state index contributed by atoms with van der Waals surface area (Å²) in [6.07, 6.45) is 6.80. The number of likely N-dealkylation sites (tertiary alicyclic amines) is 1. The van der Waals surface area contributed by atoms with E-state index in [0.29, 0.717) is 6.61 Å². The van der Waals surface area contributed by atoms with Gasteiger partial charge in [-0.25, -0.2) is 0 Å². The number of nitrogens with one attached hydrogen (secondary N) is 1. The van der Waals surface area contributed by atoms with Crippen molar-refractivity contribution in [3.05, 3.63) is 30.1 Å². The van der Waals surface area contributed by atoms with Gasteiger partial charge in [0.25, 0.3) is 0 Å². The van der Waals surface area contributed by atoms with E-state index in [-0.39, 0.29) is 24.2 Å². The summed E-state index contributed by atoms with van der Waals surface area (Å²) in [5.74, 6) is -0.0900. The van der Waals surface area contributed by atoms with Crippen molar-refractivity contribution in [2.75, 3.05) is 33.4 Å². The van der Waals surface area contributed by atoms with Crippen molar-refractivity contribution in [1.82, 2.24) is 15.2 Å². The van der Waals surface area contributed by atoms with Gasteiger partial charge in [-0.15, -0.1) is 0 Å². The lowest BCUT2D eigenvalue weighted by Crippen LogP contribution is -2.47. The predicted octanol–water partition coefficient (Wildman–Crippen LogP) is 0.968. The van der Waals surface area contributed by atoms with Crippen LogP contribution in [0.2, 0.25) is 0 Å². The number of carbonyl (C=O) groups excluding carboxylic acids is 1. The van der Waals surface area contributed by atoms with Gasteiger partial charge in [0, 0.05) is 39.0 Å². The fraction of sp³-hybridized carbons (Fsp3) is 0.647. The van der Waals surface area contributed by atoms with Gasteiger partial charge >= 0.3 is 0 Å². The van der Waals surface area contributed by atoms with E-state index in [9.17, 15) is 4.79 Å². The average Bonchev–Trinajstić information content (AvgIpc) is 2.96. The summed E-state index contributed by atoms with van der Waals surface area (Å²) in [7, 11) is 1.62. The first kappa shape index (κ1) is 16.4. The van der Waals surface area contributed by atoms with Crippen LogP contribution in [0.5, 0.6) is 0 Å². The zero-order valence-corrected chi connectivity index (χ0v) is 13.7. The van der Waals surface area contributed by atoms with Crippen LogP contribution in [0.15, 0.2) is 24.5 Å². The molecule has 126 valence electrons. The highest BCUT2D eigenvalue weighted by atomic mass is 16.6. The fourth-order valence-corrected chi connectivity index (χ4v) is 3.53. The molecule has 1 aromatic heterocycles. The lowest BCUT2D eigenvalue weighted by molar-refractivity contribution is -0.127. The maximum absolute atomic E-state index is 11.3. The minimum atomic E-state index is -0.117. The minimum absolute atomic E-state index is 0.0191. The molecule has 0 aromatic carbocycles. The molecule has 6 nitrogen and oxygen atoms in total. The van der Waals surface area contributed by atoms with E-state index in [2.05, 4.69) is 21.3 Å². The predicted molar refractivity (Wildman–Crippen MR) is 85.9 cm³/mol. The third-order valence-corrected chi connectivity index (χ3v) is 4.65. The summed E-state index contributed by atoms with van der Waals surface area (Å²) >= 11 is 0. The molecule has 0 aliphatic carbocycles. The third-order valence-electron chi connectivity index (χ3n) is 4.65. The molecular formula is C17H25N3O3. The van der Waals surface area contributed by atoms with Crippen molar-refractivity contribution in [1.29, 1.82) is 0 Å². The van der Waals surface area contributed by atoms with E-state index in [1.54, 1.807) is 13.2 Å². The fourth-order valence-electron chi connectivity index (χ4n) is 3.53. The topological polar surface area (TPSA) is 63.7 Å². The molecule has 0 saturated carbocycles. The van der Waals surface area contributed by atoms with Gasteiger partial charge in [-0.2, -0.15) is 0 Å². The summed E-state index contributed by atoms with van der Waals surface area (Å²) in [5.41, 5.74) is 1.11. The number of ether oxygens (including phenoxy) is 2. The molecule has 2 atom stereocenters. The molecule has 2 saturated heterocycles. The number of carbonyl (C=O) groups is 1. The van der Waals surface area contributed by atoms with Crippen LogP contribution in [0, 0.1) is 0 Å². The van der Waals surface area contributed by atoms with E-state index in [1.807, 2.05) is 12.3 Å². The number of piperidine rings is 1. The normalized spacial score (nSPS) is 28.1. The Morgan fingerprint density at radius 3 is 3.30 bits per heavy atom. The quantitative estimate of drug-likeness (QED) is 0.876. The summed E-state index contributed by atoms with van der Waals surface area (Å²) in [6, 6.07) is 4.09. The first-order chi connectivity index (χ1) is 11.2. The molecule has 3 rings (SSSR count). The summed E-state index contributed by atoms with van der Waals surface area (Å²) in [5, 5.41) is 2.58. The molecule has 0 bridgehead atoms. The molecule has 1 amide bonds. The van der Waals surface area contributed by atoms with E-state index >= 15 is 0 Å². The highest BCUT2D eigenvalue weighted by Gasteiger charge is 2.43. The minimum Gasteiger partial charge on any atom is -0.371 e. The Balaban J connectivity index is 1.53. The molecule has 2 aliphatic rings. The third kappa shape index (κ3) is 4.28. The monoisotopic (exact) mass is 319 g/mol. The van der Waals surface area contributed by atoms with E-state index < -0.39 is 0 Å². The van der Waals surface area contributed by atoms with Gasteiger partial charge in [0.2, 0.25) is 5.91 Å². The zero-order chi connectivity index (χ0) is 16.1. The van der Waals surface area contributed by atoms with Crippen molar-refractivity contribution in [2.45, 2.75) is 37.5 Å². The number of likely N-dealkylation sites (N-methyl/N-ethyl adjacent to an activating group) is 1. The Morgan fingerprint density at radius 1 is 1.61 bits per heavy atom. The van der Waals surface area contributed by atoms with Crippen LogP contribution in [0.3, 0.4) is 0 Å². The van der Waals surface area contributed by atoms with E-state index in [4.69, 9.17) is 9.47 Å². The number of pyridine rings is 1. The highest BCUT2D eigenvalue weighted by Crippen LogP contribution is 2.36. The number of aromatic nitrogens is 1. The first-order valence-corrected chi connectivity index (χ1v) is 8.26. The molecule has 6 heteroatoms. The molecule has 23 heavy (non-hydrogen) atoms. The second-order valence-electron chi connectivity index (χ2n) is 6.48. The van der Waals surface area contributed by atoms with Crippen LogP contribution >= 0.6 is 0 Å². The summed E-state index contributed by atoms with van der Waals surface area (Å²) in [6.45, 7) is 3.60. The number of nitrogens with zero attached hydrogens (tertiary/aromatic N) is 2. The van der Waals surface area contributed by atoms with Crippen LogP contribution in [0.4, 0.5) is 0 Å². The van der Waals surface area contributed by atoms with Crippen molar-refractivity contribution >= 4 is 5.91 Å². The molecule has 0 unspecified atom stereocenters. The van der Waals surface area contributed by atoms with Crippen molar-refractivity contribution in [3.8, 4) is 0 Å². The van der Waals surface area contributed by atoms with Gasteiger partial charge in [0.1, 0.15) is 6.61 Å². The average molecular weight is 319 g/mol. The van der Waals surface area contributed by atoms with E-state index in [0.717, 1.165) is 38.9 Å². The van der Waals surface area contributed by atoms with Crippen molar-refractivity contribution in [3.63, 3.8) is 0 Å². The van der Waals surface area contributed by atoms with Crippen LogP contribution < -0.4 is 5.32 Å². The van der Waals surface area contributed by atoms with Gasteiger partial charge in [-0.05, 0) is 31.0 Å². The maximum Gasteiger partial charge on any atom is 0.245 e. The van der Waals surface area contributed by atoms with Crippen LogP contribution in [0.25, 0.3) is 0 Å². The van der Waals surface area contributed by atoms with Gasteiger partial charge in [0.15, 0.2) is 0 Å². The second kappa shape index (κ2) is 7.38. The van der Waals surface area contributed by atoms with Crippen molar-refractivity contribution < 1.29 is 14.3 Å². The standard InChI is InChI=1S/C17H25N3O3/c1-18-16(21)12-22-15-8-17(23-11-15)5-3-7-20(13-17)10-14-4-2-6-19-9-14/h2,4,6,9,15H,3,5,7-8,10-13H2,1H3,(H,18,21)/t15-,17+/m1/s1. The number of hydrogen-bond acceptors (Lipinski definition) is 5. The maximum atomic E-state index is 11.3. The molecule has 1 aromatic rings. The largest absolute Gasteiger partial charge is 0.371 e. The van der Waals surface area contributed by atoms with Crippen LogP contribution in [0.1, 0.15) is 24.8 Å². The Bertz CT molecular complexity index is 525. The molecule has 1 N–H and O–H groups in total. The van der Waals surface area contributed by atoms with Crippen LogP contribution in [-0.4, -0.2) is 60.8 Å². The Morgan fingerprint density at radius 2 is 2.52 bits per heavy atom. The lowest BCUT2D eigenvalue weighted by Gasteiger charge is -2.39. The Hall–Kier alpha value is -1.50.